The quantitative estimate of drug-likeness (QED) is 0.683. The number of benzene rings is 2. The monoisotopic (exact) mass is 374 g/mol. The molecular formula is C20H23ClN2O3. The number of aryl methyl sites for hydroxylation is 2. The summed E-state index contributed by atoms with van der Waals surface area (Å²) in [4.78, 5) is 12.3. The van der Waals surface area contributed by atoms with E-state index in [9.17, 15) is 4.79 Å². The van der Waals surface area contributed by atoms with Crippen LogP contribution < -0.4 is 15.8 Å². The van der Waals surface area contributed by atoms with Gasteiger partial charge in [0, 0.05) is 23.2 Å². The fourth-order valence-electron chi connectivity index (χ4n) is 2.71. The summed E-state index contributed by atoms with van der Waals surface area (Å²) in [6.07, 6.45) is 1.93. The van der Waals surface area contributed by atoms with Crippen LogP contribution in [0.25, 0.3) is 11.0 Å². The third-order valence-electron chi connectivity index (χ3n) is 4.22. The molecule has 0 fully saturated rings. The summed E-state index contributed by atoms with van der Waals surface area (Å²) in [6.45, 7) is 5.01. The zero-order valence-electron chi connectivity index (χ0n) is 14.9. The second-order valence-electron chi connectivity index (χ2n) is 6.03. The molecule has 26 heavy (non-hydrogen) atoms. The van der Waals surface area contributed by atoms with E-state index < -0.39 is 0 Å². The molecule has 0 radical (unpaired) electrons. The third-order valence-corrected chi connectivity index (χ3v) is 4.22. The average molecular weight is 375 g/mol. The van der Waals surface area contributed by atoms with Crippen molar-refractivity contribution in [3.05, 3.63) is 59.4 Å². The van der Waals surface area contributed by atoms with Gasteiger partial charge in [0.05, 0.1) is 12.7 Å². The lowest BCUT2D eigenvalue weighted by atomic mass is 10.0. The molecule has 3 rings (SSSR count). The zero-order valence-corrected chi connectivity index (χ0v) is 15.7. The van der Waals surface area contributed by atoms with Gasteiger partial charge in [0.2, 0.25) is 5.91 Å². The minimum absolute atomic E-state index is 0. The highest BCUT2D eigenvalue weighted by Crippen LogP contribution is 2.27. The Bertz CT molecular complexity index is 888. The number of halogens is 1. The molecule has 0 aliphatic rings. The van der Waals surface area contributed by atoms with Crippen molar-refractivity contribution in [2.45, 2.75) is 20.3 Å². The summed E-state index contributed by atoms with van der Waals surface area (Å²) >= 11 is 0. The Morgan fingerprint density at radius 1 is 1.15 bits per heavy atom. The summed E-state index contributed by atoms with van der Waals surface area (Å²) < 4.78 is 11.1. The smallest absolute Gasteiger partial charge is 0.228 e. The maximum Gasteiger partial charge on any atom is 0.228 e. The summed E-state index contributed by atoms with van der Waals surface area (Å²) in [5.74, 6) is 0.645. The minimum atomic E-state index is -0.0865. The Balaban J connectivity index is 0.00000243. The van der Waals surface area contributed by atoms with E-state index in [2.05, 4.69) is 11.4 Å². The Morgan fingerprint density at radius 3 is 2.58 bits per heavy atom. The van der Waals surface area contributed by atoms with Gasteiger partial charge in [-0.2, -0.15) is 0 Å². The van der Waals surface area contributed by atoms with E-state index >= 15 is 0 Å². The van der Waals surface area contributed by atoms with Crippen LogP contribution in [0, 0.1) is 13.8 Å². The number of fused-ring (bicyclic) bond motifs is 1. The Labute approximate surface area is 158 Å². The fourth-order valence-corrected chi connectivity index (χ4v) is 2.71. The van der Waals surface area contributed by atoms with Gasteiger partial charge in [-0.25, -0.2) is 0 Å². The number of nitrogens with two attached hydrogens (primary N) is 1. The molecule has 3 aromatic rings. The first-order chi connectivity index (χ1) is 12.1. The average Bonchev–Trinajstić information content (AvgIpc) is 3.01. The van der Waals surface area contributed by atoms with Crippen molar-refractivity contribution in [1.29, 1.82) is 0 Å². The van der Waals surface area contributed by atoms with Crippen LogP contribution in [-0.4, -0.2) is 19.1 Å². The number of amides is 1. The van der Waals surface area contributed by atoms with Crippen molar-refractivity contribution < 1.29 is 13.9 Å². The number of ether oxygens (including phenoxy) is 1. The largest absolute Gasteiger partial charge is 0.492 e. The van der Waals surface area contributed by atoms with Crippen LogP contribution in [-0.2, 0) is 11.2 Å². The number of anilines is 1. The van der Waals surface area contributed by atoms with Crippen LogP contribution >= 0.6 is 12.4 Å². The molecule has 1 heterocycles. The molecular weight excluding hydrogens is 352 g/mol. The Morgan fingerprint density at radius 2 is 1.88 bits per heavy atom. The van der Waals surface area contributed by atoms with Gasteiger partial charge in [0.1, 0.15) is 17.9 Å². The molecule has 0 bridgehead atoms. The van der Waals surface area contributed by atoms with Crippen molar-refractivity contribution in [3.63, 3.8) is 0 Å². The SMILES string of the molecule is Cc1ccc2c(CC(=O)Nc3ccc(OCCN)cc3)coc2c1C.Cl. The molecule has 0 unspecified atom stereocenters. The van der Waals surface area contributed by atoms with Gasteiger partial charge in [0.15, 0.2) is 0 Å². The molecule has 2 aromatic carbocycles. The third kappa shape index (κ3) is 4.36. The van der Waals surface area contributed by atoms with Crippen molar-refractivity contribution in [1.82, 2.24) is 0 Å². The molecule has 1 aromatic heterocycles. The molecule has 6 heteroatoms. The maximum absolute atomic E-state index is 12.3. The highest BCUT2D eigenvalue weighted by atomic mass is 35.5. The second kappa shape index (κ2) is 8.74. The van der Waals surface area contributed by atoms with Crippen LogP contribution in [0.3, 0.4) is 0 Å². The topological polar surface area (TPSA) is 77.5 Å². The lowest BCUT2D eigenvalue weighted by molar-refractivity contribution is -0.115. The van der Waals surface area contributed by atoms with Crippen LogP contribution in [0.5, 0.6) is 5.75 Å². The number of rotatable bonds is 6. The molecule has 5 nitrogen and oxygen atoms in total. The van der Waals surface area contributed by atoms with Gasteiger partial charge in [0.25, 0.3) is 0 Å². The fraction of sp³-hybridized carbons (Fsp3) is 0.250. The van der Waals surface area contributed by atoms with Crippen molar-refractivity contribution >= 4 is 35.0 Å². The standard InChI is InChI=1S/C20H22N2O3.ClH/c1-13-3-8-18-15(12-25-20(18)14(13)2)11-19(23)22-16-4-6-17(7-5-16)24-10-9-21;/h3-8,12H,9-11,21H2,1-2H3,(H,22,23);1H. The number of carbonyl (C=O) groups excluding carboxylic acids is 1. The lowest BCUT2D eigenvalue weighted by Crippen LogP contribution is -2.14. The molecule has 0 atom stereocenters. The molecule has 3 N–H and O–H groups in total. The first-order valence-corrected chi connectivity index (χ1v) is 8.27. The number of hydrogen-bond donors (Lipinski definition) is 2. The molecule has 0 saturated heterocycles. The van der Waals surface area contributed by atoms with E-state index in [0.717, 1.165) is 33.5 Å². The lowest BCUT2D eigenvalue weighted by Gasteiger charge is -2.07. The van der Waals surface area contributed by atoms with E-state index in [1.165, 1.54) is 5.56 Å². The van der Waals surface area contributed by atoms with Crippen molar-refractivity contribution in [2.75, 3.05) is 18.5 Å². The van der Waals surface area contributed by atoms with E-state index in [4.69, 9.17) is 14.9 Å². The maximum atomic E-state index is 12.3. The predicted octanol–water partition coefficient (Wildman–Crippen LogP) is 3.99. The first kappa shape index (κ1) is 19.8. The molecule has 0 aliphatic heterocycles. The molecule has 0 spiro atoms. The second-order valence-corrected chi connectivity index (χ2v) is 6.03. The zero-order chi connectivity index (χ0) is 17.8. The van der Waals surface area contributed by atoms with Crippen molar-refractivity contribution in [2.24, 2.45) is 5.73 Å². The summed E-state index contributed by atoms with van der Waals surface area (Å²) in [5.41, 5.74) is 10.2. The molecule has 0 aliphatic carbocycles. The van der Waals surface area contributed by atoms with E-state index in [1.54, 1.807) is 6.26 Å². The first-order valence-electron chi connectivity index (χ1n) is 8.27. The van der Waals surface area contributed by atoms with Gasteiger partial charge < -0.3 is 20.2 Å². The highest BCUT2D eigenvalue weighted by molar-refractivity contribution is 5.96. The summed E-state index contributed by atoms with van der Waals surface area (Å²) in [7, 11) is 0. The molecule has 1 amide bonds. The Kier molecular flexibility index (Phi) is 6.66. The van der Waals surface area contributed by atoms with Gasteiger partial charge in [-0.1, -0.05) is 12.1 Å². The van der Waals surface area contributed by atoms with E-state index in [1.807, 2.05) is 44.2 Å². The van der Waals surface area contributed by atoms with Crippen LogP contribution in [0.2, 0.25) is 0 Å². The van der Waals surface area contributed by atoms with E-state index in [-0.39, 0.29) is 24.7 Å². The number of carbonyl (C=O) groups is 1. The number of nitrogens with one attached hydrogen (secondary N) is 1. The predicted molar refractivity (Wildman–Crippen MR) is 106 cm³/mol. The van der Waals surface area contributed by atoms with Crippen LogP contribution in [0.1, 0.15) is 16.7 Å². The molecule has 138 valence electrons. The summed E-state index contributed by atoms with van der Waals surface area (Å²) in [6, 6.07) is 11.3. The number of furan rings is 1. The number of hydrogen-bond acceptors (Lipinski definition) is 4. The van der Waals surface area contributed by atoms with Crippen molar-refractivity contribution in [3.8, 4) is 5.75 Å². The Hall–Kier alpha value is -2.50. The van der Waals surface area contributed by atoms with E-state index in [0.29, 0.717) is 13.2 Å². The minimum Gasteiger partial charge on any atom is -0.492 e. The van der Waals surface area contributed by atoms with Gasteiger partial charge in [-0.15, -0.1) is 12.4 Å². The van der Waals surface area contributed by atoms with Gasteiger partial charge >= 0.3 is 0 Å². The molecule has 0 saturated carbocycles. The normalized spacial score (nSPS) is 10.4. The van der Waals surface area contributed by atoms with Crippen LogP contribution in [0.4, 0.5) is 5.69 Å². The summed E-state index contributed by atoms with van der Waals surface area (Å²) in [5, 5.41) is 3.88. The van der Waals surface area contributed by atoms with Crippen LogP contribution in [0.15, 0.2) is 47.1 Å². The van der Waals surface area contributed by atoms with Gasteiger partial charge in [-0.05, 0) is 49.2 Å². The van der Waals surface area contributed by atoms with Gasteiger partial charge in [-0.3, -0.25) is 4.79 Å². The highest BCUT2D eigenvalue weighted by Gasteiger charge is 2.13.